The Morgan fingerprint density at radius 2 is 2.00 bits per heavy atom. The van der Waals surface area contributed by atoms with Gasteiger partial charge in [-0.1, -0.05) is 6.07 Å². The topological polar surface area (TPSA) is 62.3 Å². The molecule has 1 aliphatic heterocycles. The van der Waals surface area contributed by atoms with Crippen molar-refractivity contribution in [1.29, 1.82) is 0 Å². The van der Waals surface area contributed by atoms with E-state index < -0.39 is 15.8 Å². The number of benzene rings is 1. The van der Waals surface area contributed by atoms with Gasteiger partial charge in [-0.2, -0.15) is 0 Å². The monoisotopic (exact) mass is 363 g/mol. The van der Waals surface area contributed by atoms with Crippen molar-refractivity contribution in [3.63, 3.8) is 0 Å². The van der Waals surface area contributed by atoms with Gasteiger partial charge >= 0.3 is 0 Å². The van der Waals surface area contributed by atoms with Crippen LogP contribution in [0, 0.1) is 18.7 Å². The van der Waals surface area contributed by atoms with E-state index in [-0.39, 0.29) is 10.8 Å². The summed E-state index contributed by atoms with van der Waals surface area (Å²) in [6, 6.07) is 9.57. The van der Waals surface area contributed by atoms with E-state index in [1.54, 1.807) is 13.1 Å². The van der Waals surface area contributed by atoms with Gasteiger partial charge < -0.3 is 4.90 Å². The fraction of sp³-hybridized carbons (Fsp3) is 0.389. The highest BCUT2D eigenvalue weighted by molar-refractivity contribution is 7.89. The maximum Gasteiger partial charge on any atom is 0.240 e. The first-order valence-electron chi connectivity index (χ1n) is 8.37. The van der Waals surface area contributed by atoms with Crippen LogP contribution in [0.4, 0.5) is 10.2 Å². The first-order valence-corrected chi connectivity index (χ1v) is 9.86. The van der Waals surface area contributed by atoms with Crippen LogP contribution in [0.15, 0.2) is 47.5 Å². The van der Waals surface area contributed by atoms with Gasteiger partial charge in [-0.25, -0.2) is 22.5 Å². The fourth-order valence-corrected chi connectivity index (χ4v) is 4.47. The maximum absolute atomic E-state index is 13.2. The number of rotatable bonds is 5. The third kappa shape index (κ3) is 4.35. The van der Waals surface area contributed by atoms with Crippen molar-refractivity contribution in [2.45, 2.75) is 24.7 Å². The van der Waals surface area contributed by atoms with E-state index in [2.05, 4.69) is 14.6 Å². The number of hydrogen-bond acceptors (Lipinski definition) is 4. The smallest absolute Gasteiger partial charge is 0.240 e. The minimum absolute atomic E-state index is 0.139. The lowest BCUT2D eigenvalue weighted by Crippen LogP contribution is -2.39. The zero-order valence-electron chi connectivity index (χ0n) is 14.2. The molecule has 0 aliphatic carbocycles. The minimum Gasteiger partial charge on any atom is -0.357 e. The summed E-state index contributed by atoms with van der Waals surface area (Å²) < 4.78 is 40.7. The Morgan fingerprint density at radius 1 is 1.24 bits per heavy atom. The van der Waals surface area contributed by atoms with E-state index in [0.717, 1.165) is 31.7 Å². The SMILES string of the molecule is Cc1cc(F)ccc1S(=O)(=O)NCC1CCN(c2ccccn2)CC1. The van der Waals surface area contributed by atoms with Crippen molar-refractivity contribution < 1.29 is 12.8 Å². The number of piperidine rings is 1. The highest BCUT2D eigenvalue weighted by Gasteiger charge is 2.23. The molecule has 0 saturated carbocycles. The molecule has 0 amide bonds. The van der Waals surface area contributed by atoms with Crippen molar-refractivity contribution in [2.24, 2.45) is 5.92 Å². The Hall–Kier alpha value is -1.99. The lowest BCUT2D eigenvalue weighted by molar-refractivity contribution is 0.400. The second-order valence-corrected chi connectivity index (χ2v) is 8.12. The Balaban J connectivity index is 1.56. The van der Waals surface area contributed by atoms with Gasteiger partial charge in [0.05, 0.1) is 4.90 Å². The van der Waals surface area contributed by atoms with Gasteiger partial charge in [0.15, 0.2) is 0 Å². The Kier molecular flexibility index (Phi) is 5.34. The normalized spacial score (nSPS) is 16.2. The third-order valence-electron chi connectivity index (χ3n) is 4.58. The molecule has 1 aromatic heterocycles. The Labute approximate surface area is 147 Å². The van der Waals surface area contributed by atoms with E-state index in [1.807, 2.05) is 18.2 Å². The summed E-state index contributed by atoms with van der Waals surface area (Å²) in [7, 11) is -3.62. The molecular formula is C18H22FN3O2S. The van der Waals surface area contributed by atoms with Crippen molar-refractivity contribution >= 4 is 15.8 Å². The van der Waals surface area contributed by atoms with E-state index in [0.29, 0.717) is 12.1 Å². The third-order valence-corrected chi connectivity index (χ3v) is 6.16. The summed E-state index contributed by atoms with van der Waals surface area (Å²) in [5.41, 5.74) is 0.414. The van der Waals surface area contributed by atoms with E-state index in [1.165, 1.54) is 18.2 Å². The fourth-order valence-electron chi connectivity index (χ4n) is 3.13. The van der Waals surface area contributed by atoms with Crippen LogP contribution < -0.4 is 9.62 Å². The number of aromatic nitrogens is 1. The zero-order valence-corrected chi connectivity index (χ0v) is 15.0. The van der Waals surface area contributed by atoms with Gasteiger partial charge in [0, 0.05) is 25.8 Å². The van der Waals surface area contributed by atoms with Crippen molar-refractivity contribution in [2.75, 3.05) is 24.5 Å². The lowest BCUT2D eigenvalue weighted by Gasteiger charge is -2.32. The van der Waals surface area contributed by atoms with Gasteiger partial charge in [-0.15, -0.1) is 0 Å². The number of anilines is 1. The molecule has 25 heavy (non-hydrogen) atoms. The largest absolute Gasteiger partial charge is 0.357 e. The second-order valence-electron chi connectivity index (χ2n) is 6.38. The van der Waals surface area contributed by atoms with Crippen LogP contribution in [0.2, 0.25) is 0 Å². The molecule has 1 fully saturated rings. The van der Waals surface area contributed by atoms with Gasteiger partial charge in [0.2, 0.25) is 10.0 Å². The van der Waals surface area contributed by atoms with Gasteiger partial charge in [0.1, 0.15) is 11.6 Å². The average Bonchev–Trinajstić information content (AvgIpc) is 2.61. The van der Waals surface area contributed by atoms with Crippen molar-refractivity contribution in [3.8, 4) is 0 Å². The molecule has 0 spiro atoms. The molecule has 3 rings (SSSR count). The summed E-state index contributed by atoms with van der Waals surface area (Å²) >= 11 is 0. The molecule has 0 unspecified atom stereocenters. The zero-order chi connectivity index (χ0) is 17.9. The van der Waals surface area contributed by atoms with E-state index in [4.69, 9.17) is 0 Å². The number of nitrogens with zero attached hydrogens (tertiary/aromatic N) is 2. The summed E-state index contributed by atoms with van der Waals surface area (Å²) in [6.07, 6.45) is 3.59. The van der Waals surface area contributed by atoms with E-state index >= 15 is 0 Å². The van der Waals surface area contributed by atoms with Crippen LogP contribution in [0.5, 0.6) is 0 Å². The molecule has 1 saturated heterocycles. The van der Waals surface area contributed by atoms with Crippen LogP contribution in [0.1, 0.15) is 18.4 Å². The van der Waals surface area contributed by atoms with Crippen LogP contribution >= 0.6 is 0 Å². The number of pyridine rings is 1. The highest BCUT2D eigenvalue weighted by atomic mass is 32.2. The van der Waals surface area contributed by atoms with Crippen LogP contribution in [0.3, 0.4) is 0 Å². The van der Waals surface area contributed by atoms with Gasteiger partial charge in [0.25, 0.3) is 0 Å². The molecule has 0 radical (unpaired) electrons. The van der Waals surface area contributed by atoms with Crippen LogP contribution in [-0.2, 0) is 10.0 Å². The quantitative estimate of drug-likeness (QED) is 0.887. The summed E-state index contributed by atoms with van der Waals surface area (Å²) in [5, 5.41) is 0. The van der Waals surface area contributed by atoms with Crippen molar-refractivity contribution in [3.05, 3.63) is 54.0 Å². The Morgan fingerprint density at radius 3 is 2.64 bits per heavy atom. The standard InChI is InChI=1S/C18H22FN3O2S/c1-14-12-16(19)5-6-17(14)25(23,24)21-13-15-7-10-22(11-8-15)18-4-2-3-9-20-18/h2-6,9,12,15,21H,7-8,10-11,13H2,1H3. The van der Waals surface area contributed by atoms with Crippen LogP contribution in [0.25, 0.3) is 0 Å². The molecule has 2 heterocycles. The Bertz CT molecular complexity index is 819. The number of nitrogens with one attached hydrogen (secondary N) is 1. The van der Waals surface area contributed by atoms with E-state index in [9.17, 15) is 12.8 Å². The molecule has 0 atom stereocenters. The predicted molar refractivity (Wildman–Crippen MR) is 95.5 cm³/mol. The molecule has 134 valence electrons. The minimum atomic E-state index is -3.62. The molecule has 5 nitrogen and oxygen atoms in total. The van der Waals surface area contributed by atoms with Gasteiger partial charge in [-0.05, 0) is 61.6 Å². The first kappa shape index (κ1) is 17.8. The van der Waals surface area contributed by atoms with Crippen molar-refractivity contribution in [1.82, 2.24) is 9.71 Å². The summed E-state index contributed by atoms with van der Waals surface area (Å²) in [6.45, 7) is 3.72. The van der Waals surface area contributed by atoms with Crippen LogP contribution in [-0.4, -0.2) is 33.0 Å². The number of sulfonamides is 1. The number of hydrogen-bond donors (Lipinski definition) is 1. The second kappa shape index (κ2) is 7.49. The molecule has 2 aromatic rings. The maximum atomic E-state index is 13.2. The number of aryl methyl sites for hydroxylation is 1. The predicted octanol–water partition coefficient (Wildman–Crippen LogP) is 2.72. The van der Waals surface area contributed by atoms with Gasteiger partial charge in [-0.3, -0.25) is 0 Å². The summed E-state index contributed by atoms with van der Waals surface area (Å²) in [4.78, 5) is 6.71. The molecular weight excluding hydrogens is 341 g/mol. The molecule has 7 heteroatoms. The molecule has 1 N–H and O–H groups in total. The molecule has 1 aromatic carbocycles. The molecule has 1 aliphatic rings. The highest BCUT2D eigenvalue weighted by Crippen LogP contribution is 2.22. The summed E-state index contributed by atoms with van der Waals surface area (Å²) in [5.74, 6) is 0.817. The first-order chi connectivity index (χ1) is 12.0. The molecule has 0 bridgehead atoms. The lowest BCUT2D eigenvalue weighted by atomic mass is 9.97. The number of halogens is 1. The average molecular weight is 363 g/mol.